The number of aromatic nitrogens is 1. The van der Waals surface area contributed by atoms with Gasteiger partial charge in [-0.15, -0.1) is 0 Å². The van der Waals surface area contributed by atoms with Gasteiger partial charge in [0.15, 0.2) is 0 Å². The molecule has 0 unspecified atom stereocenters. The first-order valence-electron chi connectivity index (χ1n) is 8.98. The molecule has 3 rings (SSSR count). The Kier molecular flexibility index (Phi) is 6.25. The van der Waals surface area contributed by atoms with Crippen LogP contribution in [0.2, 0.25) is 0 Å². The molecule has 2 aromatic rings. The van der Waals surface area contributed by atoms with Gasteiger partial charge in [-0.2, -0.15) is 0 Å². The summed E-state index contributed by atoms with van der Waals surface area (Å²) in [5, 5.41) is 3.93. The fourth-order valence-corrected chi connectivity index (χ4v) is 3.26. The van der Waals surface area contributed by atoms with Gasteiger partial charge in [-0.1, -0.05) is 18.2 Å². The second kappa shape index (κ2) is 8.82. The molecule has 0 spiro atoms. The lowest BCUT2D eigenvalue weighted by atomic mass is 10.1. The SMILES string of the molecule is COCCNC(=O)CN1CCN(C(=O)Cc2c[nH]c3ccccc23)CC1. The number of ether oxygens (including phenoxy) is 1. The molecule has 7 heteroatoms. The highest BCUT2D eigenvalue weighted by Crippen LogP contribution is 2.19. The Balaban J connectivity index is 1.45. The Morgan fingerprint density at radius 1 is 1.19 bits per heavy atom. The first kappa shape index (κ1) is 18.4. The van der Waals surface area contributed by atoms with Gasteiger partial charge in [0.25, 0.3) is 0 Å². The van der Waals surface area contributed by atoms with Crippen LogP contribution in [0.5, 0.6) is 0 Å². The van der Waals surface area contributed by atoms with E-state index in [1.54, 1.807) is 7.11 Å². The Morgan fingerprint density at radius 2 is 1.96 bits per heavy atom. The zero-order chi connectivity index (χ0) is 18.4. The molecule has 7 nitrogen and oxygen atoms in total. The van der Waals surface area contributed by atoms with Crippen molar-refractivity contribution in [3.05, 3.63) is 36.0 Å². The number of aromatic amines is 1. The average Bonchev–Trinajstić information content (AvgIpc) is 3.05. The molecule has 1 fully saturated rings. The third-order valence-electron chi connectivity index (χ3n) is 4.74. The standard InChI is InChI=1S/C19H26N4O3/c1-26-11-6-20-18(24)14-22-7-9-23(10-8-22)19(25)12-15-13-21-17-5-3-2-4-16(15)17/h2-5,13,21H,6-12,14H2,1H3,(H,20,24). The minimum absolute atomic E-state index is 0.000573. The molecule has 1 aromatic carbocycles. The number of methoxy groups -OCH3 is 1. The van der Waals surface area contributed by atoms with Gasteiger partial charge in [-0.05, 0) is 11.6 Å². The Morgan fingerprint density at radius 3 is 2.73 bits per heavy atom. The summed E-state index contributed by atoms with van der Waals surface area (Å²) in [4.78, 5) is 31.6. The van der Waals surface area contributed by atoms with Crippen molar-refractivity contribution in [3.63, 3.8) is 0 Å². The monoisotopic (exact) mass is 358 g/mol. The van der Waals surface area contributed by atoms with E-state index in [0.29, 0.717) is 39.2 Å². The fourth-order valence-electron chi connectivity index (χ4n) is 3.26. The number of carbonyl (C=O) groups is 2. The summed E-state index contributed by atoms with van der Waals surface area (Å²) in [7, 11) is 1.61. The molecular formula is C19H26N4O3. The number of para-hydroxylation sites is 1. The predicted molar refractivity (Wildman–Crippen MR) is 99.9 cm³/mol. The van der Waals surface area contributed by atoms with Crippen LogP contribution in [0.1, 0.15) is 5.56 Å². The van der Waals surface area contributed by atoms with Crippen molar-refractivity contribution < 1.29 is 14.3 Å². The molecule has 1 aromatic heterocycles. The van der Waals surface area contributed by atoms with Crippen molar-refractivity contribution in [1.82, 2.24) is 20.1 Å². The number of amides is 2. The largest absolute Gasteiger partial charge is 0.383 e. The summed E-state index contributed by atoms with van der Waals surface area (Å²) >= 11 is 0. The normalized spacial score (nSPS) is 15.3. The number of hydrogen-bond donors (Lipinski definition) is 2. The molecule has 2 amide bonds. The molecule has 2 N–H and O–H groups in total. The van der Waals surface area contributed by atoms with Crippen molar-refractivity contribution >= 4 is 22.7 Å². The quantitative estimate of drug-likeness (QED) is 0.711. The molecule has 1 aliphatic heterocycles. The van der Waals surface area contributed by atoms with Crippen LogP contribution in [-0.2, 0) is 20.7 Å². The Bertz CT molecular complexity index is 750. The fraction of sp³-hybridized carbons (Fsp3) is 0.474. The number of benzene rings is 1. The number of carbonyl (C=O) groups excluding carboxylic acids is 2. The van der Waals surface area contributed by atoms with Gasteiger partial charge < -0.3 is 19.9 Å². The lowest BCUT2D eigenvalue weighted by Gasteiger charge is -2.34. The summed E-state index contributed by atoms with van der Waals surface area (Å²) in [6, 6.07) is 8.02. The summed E-state index contributed by atoms with van der Waals surface area (Å²) in [5.74, 6) is 0.138. The highest BCUT2D eigenvalue weighted by atomic mass is 16.5. The maximum Gasteiger partial charge on any atom is 0.234 e. The third-order valence-corrected chi connectivity index (χ3v) is 4.74. The number of H-pyrrole nitrogens is 1. The van der Waals surface area contributed by atoms with Crippen LogP contribution >= 0.6 is 0 Å². The van der Waals surface area contributed by atoms with E-state index in [2.05, 4.69) is 15.2 Å². The summed E-state index contributed by atoms with van der Waals surface area (Å²) in [5.41, 5.74) is 2.09. The van der Waals surface area contributed by atoms with Crippen LogP contribution in [-0.4, -0.2) is 79.6 Å². The van der Waals surface area contributed by atoms with Crippen LogP contribution < -0.4 is 5.32 Å². The molecule has 26 heavy (non-hydrogen) atoms. The second-order valence-electron chi connectivity index (χ2n) is 6.54. The summed E-state index contributed by atoms with van der Waals surface area (Å²) < 4.78 is 4.92. The van der Waals surface area contributed by atoms with E-state index >= 15 is 0 Å². The van der Waals surface area contributed by atoms with E-state index < -0.39 is 0 Å². The molecule has 0 bridgehead atoms. The van der Waals surface area contributed by atoms with Crippen LogP contribution in [0.25, 0.3) is 10.9 Å². The minimum atomic E-state index is 0.000573. The number of hydrogen-bond acceptors (Lipinski definition) is 4. The van der Waals surface area contributed by atoms with Gasteiger partial charge in [-0.25, -0.2) is 0 Å². The maximum absolute atomic E-state index is 12.6. The van der Waals surface area contributed by atoms with Crippen LogP contribution in [0.15, 0.2) is 30.5 Å². The van der Waals surface area contributed by atoms with Crippen molar-refractivity contribution in [3.8, 4) is 0 Å². The molecule has 0 radical (unpaired) electrons. The van der Waals surface area contributed by atoms with E-state index in [9.17, 15) is 9.59 Å². The van der Waals surface area contributed by atoms with Crippen LogP contribution in [0.4, 0.5) is 0 Å². The molecule has 140 valence electrons. The van der Waals surface area contributed by atoms with Gasteiger partial charge in [0.1, 0.15) is 0 Å². The van der Waals surface area contributed by atoms with Gasteiger partial charge in [0.2, 0.25) is 11.8 Å². The third kappa shape index (κ3) is 4.62. The number of fused-ring (bicyclic) bond motifs is 1. The maximum atomic E-state index is 12.6. The molecule has 2 heterocycles. The molecule has 0 atom stereocenters. The van der Waals surface area contributed by atoms with Crippen molar-refractivity contribution in [2.24, 2.45) is 0 Å². The lowest BCUT2D eigenvalue weighted by Crippen LogP contribution is -2.51. The predicted octanol–water partition coefficient (Wildman–Crippen LogP) is 0.617. The lowest BCUT2D eigenvalue weighted by molar-refractivity contribution is -0.132. The summed E-state index contributed by atoms with van der Waals surface area (Å²) in [6.07, 6.45) is 2.32. The first-order chi connectivity index (χ1) is 12.7. The van der Waals surface area contributed by atoms with E-state index in [1.165, 1.54) is 0 Å². The van der Waals surface area contributed by atoms with Crippen molar-refractivity contribution in [2.75, 3.05) is 53.0 Å². The van der Waals surface area contributed by atoms with Crippen LogP contribution in [0, 0.1) is 0 Å². The molecule has 0 saturated carbocycles. The zero-order valence-electron chi connectivity index (χ0n) is 15.2. The smallest absolute Gasteiger partial charge is 0.234 e. The van der Waals surface area contributed by atoms with Crippen molar-refractivity contribution in [2.45, 2.75) is 6.42 Å². The second-order valence-corrected chi connectivity index (χ2v) is 6.54. The minimum Gasteiger partial charge on any atom is -0.383 e. The van der Waals surface area contributed by atoms with Gasteiger partial charge in [0, 0.05) is 56.9 Å². The Hall–Kier alpha value is -2.38. The highest BCUT2D eigenvalue weighted by molar-refractivity contribution is 5.89. The number of nitrogens with zero attached hydrogens (tertiary/aromatic N) is 2. The number of piperazine rings is 1. The molecule has 1 saturated heterocycles. The van der Waals surface area contributed by atoms with Crippen LogP contribution in [0.3, 0.4) is 0 Å². The molecule has 1 aliphatic rings. The summed E-state index contributed by atoms with van der Waals surface area (Å²) in [6.45, 7) is 4.17. The number of nitrogens with one attached hydrogen (secondary N) is 2. The average molecular weight is 358 g/mol. The van der Waals surface area contributed by atoms with Gasteiger partial charge in [-0.3, -0.25) is 14.5 Å². The van der Waals surface area contributed by atoms with E-state index in [-0.39, 0.29) is 11.8 Å². The zero-order valence-corrected chi connectivity index (χ0v) is 15.2. The van der Waals surface area contributed by atoms with Gasteiger partial charge >= 0.3 is 0 Å². The highest BCUT2D eigenvalue weighted by Gasteiger charge is 2.23. The van der Waals surface area contributed by atoms with E-state index in [1.807, 2.05) is 35.4 Å². The number of rotatable bonds is 7. The van der Waals surface area contributed by atoms with E-state index in [4.69, 9.17) is 4.74 Å². The van der Waals surface area contributed by atoms with Crippen molar-refractivity contribution in [1.29, 1.82) is 0 Å². The van der Waals surface area contributed by atoms with Gasteiger partial charge in [0.05, 0.1) is 19.6 Å². The molecular weight excluding hydrogens is 332 g/mol. The Labute approximate surface area is 153 Å². The topological polar surface area (TPSA) is 77.7 Å². The first-order valence-corrected chi connectivity index (χ1v) is 8.98. The molecule has 0 aliphatic carbocycles. The van der Waals surface area contributed by atoms with E-state index in [0.717, 1.165) is 29.6 Å².